The molecule has 2 rings (SSSR count). The van der Waals surface area contributed by atoms with Crippen LogP contribution in [0.4, 0.5) is 10.1 Å². The highest BCUT2D eigenvalue weighted by atomic mass is 19.1. The molecule has 1 aromatic carbocycles. The predicted molar refractivity (Wildman–Crippen MR) is 61.8 cm³/mol. The van der Waals surface area contributed by atoms with E-state index in [2.05, 4.69) is 0 Å². The summed E-state index contributed by atoms with van der Waals surface area (Å²) in [5.41, 5.74) is 7.28. The lowest BCUT2D eigenvalue weighted by Crippen LogP contribution is -2.52. The lowest BCUT2D eigenvalue weighted by atomic mass is 9.70. The van der Waals surface area contributed by atoms with Crippen LogP contribution in [-0.2, 0) is 5.54 Å². The maximum absolute atomic E-state index is 13.3. The van der Waals surface area contributed by atoms with Gasteiger partial charge in [0.2, 0.25) is 0 Å². The normalized spacial score (nSPS) is 28.7. The molecule has 0 bridgehead atoms. The lowest BCUT2D eigenvalue weighted by molar-refractivity contribution is 0.0210. The molecule has 3 N–H and O–H groups in total. The summed E-state index contributed by atoms with van der Waals surface area (Å²) in [6.45, 7) is 0. The van der Waals surface area contributed by atoms with Crippen LogP contribution in [-0.4, -0.2) is 25.3 Å². The molecule has 1 saturated carbocycles. The van der Waals surface area contributed by atoms with Crippen molar-refractivity contribution in [2.45, 2.75) is 24.5 Å². The van der Waals surface area contributed by atoms with Crippen LogP contribution in [0.25, 0.3) is 0 Å². The van der Waals surface area contributed by atoms with E-state index in [1.807, 2.05) is 19.0 Å². The molecular weight excluding hydrogens is 207 g/mol. The number of aliphatic hydroxyl groups is 1. The molecule has 16 heavy (non-hydrogen) atoms. The molecule has 0 amide bonds. The maximum atomic E-state index is 13.3. The van der Waals surface area contributed by atoms with Crippen molar-refractivity contribution in [2.24, 2.45) is 5.73 Å². The van der Waals surface area contributed by atoms with Gasteiger partial charge in [0, 0.05) is 25.3 Å². The summed E-state index contributed by atoms with van der Waals surface area (Å²) in [7, 11) is 3.80. The Kier molecular flexibility index (Phi) is 2.64. The number of nitrogens with two attached hydrogens (primary N) is 1. The summed E-state index contributed by atoms with van der Waals surface area (Å²) in [5, 5.41) is 9.36. The van der Waals surface area contributed by atoms with Crippen LogP contribution in [0.2, 0.25) is 0 Å². The minimum Gasteiger partial charge on any atom is -0.393 e. The molecule has 0 unspecified atom stereocenters. The molecule has 1 aliphatic rings. The van der Waals surface area contributed by atoms with Gasteiger partial charge in [-0.1, -0.05) is 0 Å². The zero-order valence-corrected chi connectivity index (χ0v) is 9.57. The van der Waals surface area contributed by atoms with Gasteiger partial charge in [0.1, 0.15) is 5.82 Å². The van der Waals surface area contributed by atoms with E-state index in [0.29, 0.717) is 12.8 Å². The van der Waals surface area contributed by atoms with Gasteiger partial charge in [-0.25, -0.2) is 4.39 Å². The molecule has 0 aromatic heterocycles. The van der Waals surface area contributed by atoms with Crippen molar-refractivity contribution in [1.29, 1.82) is 0 Å². The Labute approximate surface area is 94.7 Å². The number of nitrogens with zero attached hydrogens (tertiary/aromatic N) is 1. The minimum absolute atomic E-state index is 0.285. The molecule has 0 heterocycles. The second kappa shape index (κ2) is 3.71. The van der Waals surface area contributed by atoms with E-state index in [-0.39, 0.29) is 11.9 Å². The van der Waals surface area contributed by atoms with Gasteiger partial charge in [0.05, 0.1) is 6.10 Å². The highest BCUT2D eigenvalue weighted by Gasteiger charge is 2.43. The average Bonchev–Trinajstić information content (AvgIpc) is 2.14. The quantitative estimate of drug-likeness (QED) is 0.793. The van der Waals surface area contributed by atoms with Gasteiger partial charge in [0.15, 0.2) is 0 Å². The summed E-state index contributed by atoms with van der Waals surface area (Å²) in [5.74, 6) is -0.285. The topological polar surface area (TPSA) is 49.5 Å². The van der Waals surface area contributed by atoms with Gasteiger partial charge in [-0.05, 0) is 36.6 Å². The fraction of sp³-hybridized carbons (Fsp3) is 0.500. The fourth-order valence-electron chi connectivity index (χ4n) is 2.30. The Hall–Kier alpha value is -1.13. The van der Waals surface area contributed by atoms with E-state index in [0.717, 1.165) is 11.3 Å². The molecule has 3 nitrogen and oxygen atoms in total. The molecule has 1 fully saturated rings. The van der Waals surface area contributed by atoms with Gasteiger partial charge < -0.3 is 15.7 Å². The first kappa shape index (κ1) is 11.4. The van der Waals surface area contributed by atoms with E-state index in [4.69, 9.17) is 5.73 Å². The van der Waals surface area contributed by atoms with E-state index >= 15 is 0 Å². The van der Waals surface area contributed by atoms with Crippen molar-refractivity contribution in [1.82, 2.24) is 0 Å². The highest BCUT2D eigenvalue weighted by Crippen LogP contribution is 2.42. The number of benzene rings is 1. The van der Waals surface area contributed by atoms with Crippen LogP contribution in [0, 0.1) is 5.82 Å². The number of anilines is 1. The van der Waals surface area contributed by atoms with Gasteiger partial charge in [-0.2, -0.15) is 0 Å². The number of halogens is 1. The van der Waals surface area contributed by atoms with Gasteiger partial charge in [0.25, 0.3) is 0 Å². The molecular formula is C12H17FN2O. The van der Waals surface area contributed by atoms with Crippen molar-refractivity contribution in [2.75, 3.05) is 19.0 Å². The van der Waals surface area contributed by atoms with E-state index < -0.39 is 5.54 Å². The van der Waals surface area contributed by atoms with Crippen LogP contribution >= 0.6 is 0 Å². The monoisotopic (exact) mass is 224 g/mol. The Bertz CT molecular complexity index is 400. The molecule has 88 valence electrons. The fourth-order valence-corrected chi connectivity index (χ4v) is 2.30. The van der Waals surface area contributed by atoms with Crippen LogP contribution in [0.3, 0.4) is 0 Å². The summed E-state index contributed by atoms with van der Waals surface area (Å²) in [4.78, 5) is 1.91. The van der Waals surface area contributed by atoms with Crippen LogP contribution in [0.15, 0.2) is 18.2 Å². The first-order valence-electron chi connectivity index (χ1n) is 5.37. The highest BCUT2D eigenvalue weighted by molar-refractivity contribution is 5.56. The Morgan fingerprint density at radius 3 is 2.56 bits per heavy atom. The minimum atomic E-state index is -0.582. The lowest BCUT2D eigenvalue weighted by Gasteiger charge is -2.44. The first-order valence-corrected chi connectivity index (χ1v) is 5.37. The van der Waals surface area contributed by atoms with E-state index in [9.17, 15) is 9.50 Å². The number of aliphatic hydroxyl groups excluding tert-OH is 1. The number of hydrogen-bond donors (Lipinski definition) is 2. The molecule has 0 saturated heterocycles. The smallest absolute Gasteiger partial charge is 0.123 e. The molecule has 0 atom stereocenters. The largest absolute Gasteiger partial charge is 0.393 e. The van der Waals surface area contributed by atoms with Crippen molar-refractivity contribution in [3.05, 3.63) is 29.6 Å². The molecule has 1 aliphatic carbocycles. The summed E-state index contributed by atoms with van der Waals surface area (Å²) in [6, 6.07) is 4.63. The van der Waals surface area contributed by atoms with Gasteiger partial charge >= 0.3 is 0 Å². The number of hydrogen-bond acceptors (Lipinski definition) is 3. The van der Waals surface area contributed by atoms with Crippen molar-refractivity contribution in [3.63, 3.8) is 0 Å². The van der Waals surface area contributed by atoms with Crippen molar-refractivity contribution >= 4 is 5.69 Å². The summed E-state index contributed by atoms with van der Waals surface area (Å²) < 4.78 is 13.3. The Morgan fingerprint density at radius 2 is 2.06 bits per heavy atom. The zero-order chi connectivity index (χ0) is 11.9. The Balaban J connectivity index is 2.42. The van der Waals surface area contributed by atoms with E-state index in [1.54, 1.807) is 6.07 Å². The third-order valence-electron chi connectivity index (χ3n) is 3.18. The number of rotatable bonds is 2. The van der Waals surface area contributed by atoms with E-state index in [1.165, 1.54) is 12.1 Å². The SMILES string of the molecule is CN(C)c1ccc(F)cc1C1(N)CC(O)C1. The maximum Gasteiger partial charge on any atom is 0.123 e. The second-order valence-corrected chi connectivity index (χ2v) is 4.77. The molecule has 0 aliphatic heterocycles. The van der Waals surface area contributed by atoms with Gasteiger partial charge in [-0.15, -0.1) is 0 Å². The van der Waals surface area contributed by atoms with Crippen molar-refractivity contribution in [3.8, 4) is 0 Å². The van der Waals surface area contributed by atoms with Gasteiger partial charge in [-0.3, -0.25) is 0 Å². The molecule has 1 aromatic rings. The predicted octanol–water partition coefficient (Wildman–Crippen LogP) is 1.20. The zero-order valence-electron chi connectivity index (χ0n) is 9.57. The molecule has 0 spiro atoms. The van der Waals surface area contributed by atoms with Crippen LogP contribution in [0.5, 0.6) is 0 Å². The Morgan fingerprint density at radius 1 is 1.44 bits per heavy atom. The molecule has 4 heteroatoms. The summed E-state index contributed by atoms with van der Waals surface area (Å²) in [6.07, 6.45) is 0.637. The third-order valence-corrected chi connectivity index (χ3v) is 3.18. The standard InChI is InChI=1S/C12H17FN2O/c1-15(2)11-4-3-8(13)5-10(11)12(14)6-9(16)7-12/h3-5,9,16H,6-7,14H2,1-2H3. The average molecular weight is 224 g/mol. The second-order valence-electron chi connectivity index (χ2n) is 4.77. The van der Waals surface area contributed by atoms with Crippen LogP contribution < -0.4 is 10.6 Å². The molecule has 0 radical (unpaired) electrons. The summed E-state index contributed by atoms with van der Waals surface area (Å²) >= 11 is 0. The van der Waals surface area contributed by atoms with Crippen LogP contribution in [0.1, 0.15) is 18.4 Å². The van der Waals surface area contributed by atoms with Crippen molar-refractivity contribution < 1.29 is 9.50 Å². The third kappa shape index (κ3) is 1.79. The first-order chi connectivity index (χ1) is 7.42.